The number of hydrogen-bond acceptors (Lipinski definition) is 4. The fraction of sp³-hybridized carbons (Fsp3) is 0.500. The van der Waals surface area contributed by atoms with Crippen molar-refractivity contribution in [2.45, 2.75) is 11.8 Å². The summed E-state index contributed by atoms with van der Waals surface area (Å²) in [4.78, 5) is 12.2. The summed E-state index contributed by atoms with van der Waals surface area (Å²) < 4.78 is 0.874. The van der Waals surface area contributed by atoms with Gasteiger partial charge in [-0.1, -0.05) is 11.8 Å². The predicted octanol–water partition coefficient (Wildman–Crippen LogP) is 1.19. The molecule has 1 N–H and O–H groups in total. The zero-order valence-corrected chi connectivity index (χ0v) is 7.73. The highest BCUT2D eigenvalue weighted by Gasteiger charge is 2.22. The Balaban J connectivity index is 2.46. The average molecular weight is 191 g/mol. The van der Waals surface area contributed by atoms with Gasteiger partial charge in [-0.2, -0.15) is 0 Å². The van der Waals surface area contributed by atoms with Gasteiger partial charge < -0.3 is 10.0 Å². The molecule has 0 spiro atoms. The SMILES string of the molecule is CN1C=C(S)SC1CC(=O)O. The number of carboxylic acid groups (broad SMARTS) is 1. The van der Waals surface area contributed by atoms with Gasteiger partial charge in [0.15, 0.2) is 0 Å². The van der Waals surface area contributed by atoms with Crippen molar-refractivity contribution in [3.05, 3.63) is 10.4 Å². The number of thiol groups is 1. The largest absolute Gasteiger partial charge is 0.481 e. The molecule has 0 saturated heterocycles. The van der Waals surface area contributed by atoms with Crippen molar-refractivity contribution in [2.75, 3.05) is 7.05 Å². The normalized spacial score (nSPS) is 23.6. The monoisotopic (exact) mass is 191 g/mol. The second-order valence-corrected chi connectivity index (χ2v) is 4.31. The van der Waals surface area contributed by atoms with Gasteiger partial charge in [-0.05, 0) is 0 Å². The summed E-state index contributed by atoms with van der Waals surface area (Å²) in [6.07, 6.45) is 1.99. The first-order chi connectivity index (χ1) is 5.09. The van der Waals surface area contributed by atoms with E-state index in [1.165, 1.54) is 11.8 Å². The zero-order valence-electron chi connectivity index (χ0n) is 6.02. The van der Waals surface area contributed by atoms with Crippen LogP contribution in [0.3, 0.4) is 0 Å². The van der Waals surface area contributed by atoms with Gasteiger partial charge in [0, 0.05) is 13.2 Å². The summed E-state index contributed by atoms with van der Waals surface area (Å²) in [7, 11) is 1.85. The molecule has 0 bridgehead atoms. The number of nitrogens with zero attached hydrogens (tertiary/aromatic N) is 1. The molecule has 0 amide bonds. The van der Waals surface area contributed by atoms with E-state index in [1.54, 1.807) is 0 Å². The van der Waals surface area contributed by atoms with Crippen LogP contribution in [0.15, 0.2) is 10.4 Å². The zero-order chi connectivity index (χ0) is 8.43. The van der Waals surface area contributed by atoms with Gasteiger partial charge >= 0.3 is 5.97 Å². The third-order valence-electron chi connectivity index (χ3n) is 1.37. The van der Waals surface area contributed by atoms with E-state index in [4.69, 9.17) is 5.11 Å². The fourth-order valence-electron chi connectivity index (χ4n) is 0.845. The van der Waals surface area contributed by atoms with Crippen molar-refractivity contribution in [2.24, 2.45) is 0 Å². The highest BCUT2D eigenvalue weighted by Crippen LogP contribution is 2.35. The van der Waals surface area contributed by atoms with Gasteiger partial charge in [-0.15, -0.1) is 12.6 Å². The molecule has 0 fully saturated rings. The van der Waals surface area contributed by atoms with Crippen molar-refractivity contribution in [1.82, 2.24) is 4.90 Å². The van der Waals surface area contributed by atoms with Crippen molar-refractivity contribution in [3.63, 3.8) is 0 Å². The molecular formula is C6H9NO2S2. The van der Waals surface area contributed by atoms with Crippen LogP contribution >= 0.6 is 24.4 Å². The first-order valence-electron chi connectivity index (χ1n) is 3.11. The minimum absolute atomic E-state index is 0.0139. The van der Waals surface area contributed by atoms with Gasteiger partial charge in [-0.25, -0.2) is 0 Å². The molecule has 11 heavy (non-hydrogen) atoms. The van der Waals surface area contributed by atoms with Gasteiger partial charge in [0.2, 0.25) is 0 Å². The third-order valence-corrected chi connectivity index (χ3v) is 2.92. The molecule has 62 valence electrons. The molecule has 1 aliphatic heterocycles. The van der Waals surface area contributed by atoms with Crippen LogP contribution in [0.4, 0.5) is 0 Å². The Kier molecular flexibility index (Phi) is 2.72. The topological polar surface area (TPSA) is 40.5 Å². The number of rotatable bonds is 2. The standard InChI is InChI=1S/C6H9NO2S2/c1-7-3-6(10)11-4(7)2-5(8)9/h3-4,10H,2H2,1H3,(H,8,9). The Labute approximate surface area is 74.9 Å². The minimum atomic E-state index is -0.772. The predicted molar refractivity (Wildman–Crippen MR) is 48.5 cm³/mol. The average Bonchev–Trinajstić information content (AvgIpc) is 2.09. The molecule has 0 aromatic carbocycles. The van der Waals surface area contributed by atoms with Crippen LogP contribution in [0.1, 0.15) is 6.42 Å². The Morgan fingerprint density at radius 1 is 2.00 bits per heavy atom. The van der Waals surface area contributed by atoms with Crippen LogP contribution < -0.4 is 0 Å². The summed E-state index contributed by atoms with van der Waals surface area (Å²) in [5, 5.41) is 8.50. The molecular weight excluding hydrogens is 182 g/mol. The number of carboxylic acids is 1. The van der Waals surface area contributed by atoms with E-state index in [9.17, 15) is 4.79 Å². The van der Waals surface area contributed by atoms with E-state index in [2.05, 4.69) is 12.6 Å². The Morgan fingerprint density at radius 2 is 2.64 bits per heavy atom. The minimum Gasteiger partial charge on any atom is -0.481 e. The quantitative estimate of drug-likeness (QED) is 0.643. The Bertz CT molecular complexity index is 205. The van der Waals surface area contributed by atoms with Crippen LogP contribution in [-0.4, -0.2) is 28.4 Å². The maximum Gasteiger partial charge on any atom is 0.306 e. The van der Waals surface area contributed by atoms with Gasteiger partial charge in [-0.3, -0.25) is 4.79 Å². The first kappa shape index (κ1) is 8.80. The molecule has 0 aliphatic carbocycles. The smallest absolute Gasteiger partial charge is 0.306 e. The number of thioether (sulfide) groups is 1. The first-order valence-corrected chi connectivity index (χ1v) is 4.43. The number of aliphatic carboxylic acids is 1. The molecule has 0 radical (unpaired) electrons. The molecule has 0 aromatic heterocycles. The highest BCUT2D eigenvalue weighted by molar-refractivity contribution is 8.16. The second-order valence-electron chi connectivity index (χ2n) is 2.30. The van der Waals surface area contributed by atoms with E-state index in [0.717, 1.165) is 4.24 Å². The molecule has 1 heterocycles. The second kappa shape index (κ2) is 3.40. The van der Waals surface area contributed by atoms with Crippen LogP contribution in [0.5, 0.6) is 0 Å². The summed E-state index contributed by atoms with van der Waals surface area (Å²) in [5.74, 6) is -0.772. The Morgan fingerprint density at radius 3 is 3.00 bits per heavy atom. The van der Waals surface area contributed by atoms with Crippen molar-refractivity contribution >= 4 is 30.4 Å². The van der Waals surface area contributed by atoms with Gasteiger partial charge in [0.1, 0.15) is 0 Å². The Hall–Kier alpha value is -0.290. The number of hydrogen-bond donors (Lipinski definition) is 2. The molecule has 5 heteroatoms. The molecule has 0 saturated carbocycles. The lowest BCUT2D eigenvalue weighted by atomic mass is 10.4. The fourth-order valence-corrected chi connectivity index (χ4v) is 2.35. The van der Waals surface area contributed by atoms with Crippen LogP contribution in [0.25, 0.3) is 0 Å². The maximum atomic E-state index is 10.3. The maximum absolute atomic E-state index is 10.3. The summed E-state index contributed by atoms with van der Waals surface area (Å²) in [6, 6.07) is 0. The summed E-state index contributed by atoms with van der Waals surface area (Å²) in [6.45, 7) is 0. The van der Waals surface area contributed by atoms with Crippen molar-refractivity contribution in [1.29, 1.82) is 0 Å². The molecule has 0 aromatic rings. The molecule has 1 atom stereocenters. The van der Waals surface area contributed by atoms with E-state index in [-0.39, 0.29) is 11.8 Å². The van der Waals surface area contributed by atoms with Crippen LogP contribution in [0.2, 0.25) is 0 Å². The molecule has 1 unspecified atom stereocenters. The summed E-state index contributed by atoms with van der Waals surface area (Å²) >= 11 is 5.60. The van der Waals surface area contributed by atoms with Gasteiger partial charge in [0.05, 0.1) is 16.0 Å². The van der Waals surface area contributed by atoms with Crippen molar-refractivity contribution in [3.8, 4) is 0 Å². The molecule has 3 nitrogen and oxygen atoms in total. The van der Waals surface area contributed by atoms with Gasteiger partial charge in [0.25, 0.3) is 0 Å². The lowest BCUT2D eigenvalue weighted by Crippen LogP contribution is -2.22. The molecule has 1 aliphatic rings. The van der Waals surface area contributed by atoms with Crippen LogP contribution in [-0.2, 0) is 4.79 Å². The highest BCUT2D eigenvalue weighted by atomic mass is 32.2. The van der Waals surface area contributed by atoms with E-state index in [0.29, 0.717) is 0 Å². The molecule has 1 rings (SSSR count). The van der Waals surface area contributed by atoms with E-state index >= 15 is 0 Å². The lowest BCUT2D eigenvalue weighted by Gasteiger charge is -2.16. The van der Waals surface area contributed by atoms with Crippen molar-refractivity contribution < 1.29 is 9.90 Å². The third kappa shape index (κ3) is 2.34. The van der Waals surface area contributed by atoms with Crippen LogP contribution in [0, 0.1) is 0 Å². The number of carbonyl (C=O) groups is 1. The lowest BCUT2D eigenvalue weighted by molar-refractivity contribution is -0.137. The van der Waals surface area contributed by atoms with E-state index in [1.807, 2.05) is 18.1 Å². The summed E-state index contributed by atoms with van der Waals surface area (Å²) in [5.41, 5.74) is 0. The van der Waals surface area contributed by atoms with E-state index < -0.39 is 5.97 Å².